The molecule has 2 rings (SSSR count). The summed E-state index contributed by atoms with van der Waals surface area (Å²) in [4.78, 5) is 2.78. The SMILES string of the molecule is CCCCCCc1csc(-c2sccc2COC)c1. The van der Waals surface area contributed by atoms with E-state index in [0.717, 1.165) is 0 Å². The number of aryl methyl sites for hydroxylation is 1. The van der Waals surface area contributed by atoms with Crippen LogP contribution in [0.1, 0.15) is 43.7 Å². The van der Waals surface area contributed by atoms with E-state index >= 15 is 0 Å². The summed E-state index contributed by atoms with van der Waals surface area (Å²) in [6.07, 6.45) is 6.57. The molecule has 0 aromatic carbocycles. The average Bonchev–Trinajstić information content (AvgIpc) is 3.04. The summed E-state index contributed by atoms with van der Waals surface area (Å²) >= 11 is 3.68. The maximum Gasteiger partial charge on any atom is 0.0727 e. The molecular formula is C16H22OS2. The molecule has 2 aromatic rings. The van der Waals surface area contributed by atoms with E-state index in [0.29, 0.717) is 6.61 Å². The summed E-state index contributed by atoms with van der Waals surface area (Å²) in [5.41, 5.74) is 2.81. The Hall–Kier alpha value is -0.640. The molecule has 0 saturated carbocycles. The Morgan fingerprint density at radius 3 is 2.84 bits per heavy atom. The monoisotopic (exact) mass is 294 g/mol. The van der Waals surface area contributed by atoms with Crippen molar-refractivity contribution in [2.75, 3.05) is 7.11 Å². The first-order valence-corrected chi connectivity index (χ1v) is 8.74. The standard InChI is InChI=1S/C16H22OS2/c1-3-4-5-6-7-13-10-15(19-12-13)16-14(11-17-2)8-9-18-16/h8-10,12H,3-7,11H2,1-2H3. The van der Waals surface area contributed by atoms with Gasteiger partial charge in [0.15, 0.2) is 0 Å². The van der Waals surface area contributed by atoms with Crippen molar-refractivity contribution in [1.29, 1.82) is 0 Å². The molecule has 0 unspecified atom stereocenters. The van der Waals surface area contributed by atoms with E-state index in [1.54, 1.807) is 7.11 Å². The predicted molar refractivity (Wildman–Crippen MR) is 86.2 cm³/mol. The van der Waals surface area contributed by atoms with E-state index in [1.807, 2.05) is 22.7 Å². The average molecular weight is 294 g/mol. The van der Waals surface area contributed by atoms with Crippen LogP contribution in [0.3, 0.4) is 0 Å². The molecule has 1 nitrogen and oxygen atoms in total. The van der Waals surface area contributed by atoms with Gasteiger partial charge in [-0.2, -0.15) is 0 Å². The number of hydrogen-bond acceptors (Lipinski definition) is 3. The van der Waals surface area contributed by atoms with Crippen molar-refractivity contribution < 1.29 is 4.74 Å². The van der Waals surface area contributed by atoms with Crippen LogP contribution >= 0.6 is 22.7 Å². The van der Waals surface area contributed by atoms with Gasteiger partial charge in [0.05, 0.1) is 6.61 Å². The quantitative estimate of drug-likeness (QED) is 0.564. The highest BCUT2D eigenvalue weighted by Gasteiger charge is 2.09. The summed E-state index contributed by atoms with van der Waals surface area (Å²) < 4.78 is 5.26. The van der Waals surface area contributed by atoms with Gasteiger partial charge in [0.2, 0.25) is 0 Å². The van der Waals surface area contributed by atoms with Gasteiger partial charge in [-0.25, -0.2) is 0 Å². The van der Waals surface area contributed by atoms with Gasteiger partial charge in [-0.15, -0.1) is 22.7 Å². The third kappa shape index (κ3) is 4.16. The van der Waals surface area contributed by atoms with Gasteiger partial charge >= 0.3 is 0 Å². The molecule has 0 radical (unpaired) electrons. The van der Waals surface area contributed by atoms with E-state index in [2.05, 4.69) is 29.8 Å². The van der Waals surface area contributed by atoms with Gasteiger partial charge in [-0.1, -0.05) is 26.2 Å². The Morgan fingerprint density at radius 1 is 1.16 bits per heavy atom. The molecule has 0 spiro atoms. The first kappa shape index (κ1) is 14.8. The van der Waals surface area contributed by atoms with Crippen LogP contribution in [0.4, 0.5) is 0 Å². The second-order valence-corrected chi connectivity index (χ2v) is 6.67. The van der Waals surface area contributed by atoms with Crippen LogP contribution in [0.15, 0.2) is 22.9 Å². The molecule has 2 heterocycles. The number of hydrogen-bond donors (Lipinski definition) is 0. The molecule has 0 atom stereocenters. The van der Waals surface area contributed by atoms with Gasteiger partial charge < -0.3 is 4.74 Å². The number of methoxy groups -OCH3 is 1. The molecular weight excluding hydrogens is 272 g/mol. The van der Waals surface area contributed by atoms with Crippen LogP contribution in [-0.2, 0) is 17.8 Å². The highest BCUT2D eigenvalue weighted by Crippen LogP contribution is 2.35. The first-order chi connectivity index (χ1) is 9.35. The van der Waals surface area contributed by atoms with Gasteiger partial charge in [-0.3, -0.25) is 0 Å². The number of thiophene rings is 2. The molecule has 0 aliphatic heterocycles. The Morgan fingerprint density at radius 2 is 2.05 bits per heavy atom. The fraction of sp³-hybridized carbons (Fsp3) is 0.500. The molecule has 0 fully saturated rings. The van der Waals surface area contributed by atoms with Crippen LogP contribution in [0.5, 0.6) is 0 Å². The molecule has 104 valence electrons. The van der Waals surface area contributed by atoms with Gasteiger partial charge in [0.25, 0.3) is 0 Å². The van der Waals surface area contributed by atoms with E-state index < -0.39 is 0 Å². The van der Waals surface area contributed by atoms with Gasteiger partial charge in [-0.05, 0) is 46.9 Å². The summed E-state index contributed by atoms with van der Waals surface area (Å²) in [7, 11) is 1.76. The fourth-order valence-electron chi connectivity index (χ4n) is 2.20. The minimum atomic E-state index is 0.711. The fourth-order valence-corrected chi connectivity index (χ4v) is 4.23. The van der Waals surface area contributed by atoms with E-state index in [-0.39, 0.29) is 0 Å². The topological polar surface area (TPSA) is 9.23 Å². The molecule has 0 aliphatic carbocycles. The van der Waals surface area contributed by atoms with Gasteiger partial charge in [0, 0.05) is 16.9 Å². The maximum absolute atomic E-state index is 5.26. The summed E-state index contributed by atoms with van der Waals surface area (Å²) in [6, 6.07) is 4.53. The third-order valence-electron chi connectivity index (χ3n) is 3.24. The van der Waals surface area contributed by atoms with Crippen LogP contribution < -0.4 is 0 Å². The minimum absolute atomic E-state index is 0.711. The zero-order valence-electron chi connectivity index (χ0n) is 11.8. The molecule has 0 N–H and O–H groups in total. The van der Waals surface area contributed by atoms with Crippen molar-refractivity contribution >= 4 is 22.7 Å². The second-order valence-electron chi connectivity index (χ2n) is 4.84. The Balaban J connectivity index is 1.98. The minimum Gasteiger partial charge on any atom is -0.380 e. The molecule has 0 amide bonds. The summed E-state index contributed by atoms with van der Waals surface area (Å²) in [5.74, 6) is 0. The lowest BCUT2D eigenvalue weighted by Gasteiger charge is -2.00. The Bertz CT molecular complexity index is 484. The van der Waals surface area contributed by atoms with E-state index in [1.165, 1.54) is 53.0 Å². The zero-order valence-corrected chi connectivity index (χ0v) is 13.4. The van der Waals surface area contributed by atoms with Crippen molar-refractivity contribution in [3.05, 3.63) is 34.0 Å². The number of unbranched alkanes of at least 4 members (excludes halogenated alkanes) is 3. The number of ether oxygens (including phenoxy) is 1. The highest BCUT2D eigenvalue weighted by molar-refractivity contribution is 7.20. The van der Waals surface area contributed by atoms with Crippen molar-refractivity contribution in [3.63, 3.8) is 0 Å². The van der Waals surface area contributed by atoms with Crippen molar-refractivity contribution in [1.82, 2.24) is 0 Å². The van der Waals surface area contributed by atoms with Crippen LogP contribution in [-0.4, -0.2) is 7.11 Å². The molecule has 0 bridgehead atoms. The maximum atomic E-state index is 5.26. The normalized spacial score (nSPS) is 11.1. The molecule has 3 heteroatoms. The van der Waals surface area contributed by atoms with Crippen molar-refractivity contribution in [2.24, 2.45) is 0 Å². The highest BCUT2D eigenvalue weighted by atomic mass is 32.1. The van der Waals surface area contributed by atoms with E-state index in [4.69, 9.17) is 4.74 Å². The first-order valence-electron chi connectivity index (χ1n) is 6.98. The summed E-state index contributed by atoms with van der Waals surface area (Å²) in [6.45, 7) is 2.97. The molecule has 0 saturated heterocycles. The lowest BCUT2D eigenvalue weighted by Crippen LogP contribution is -1.86. The Kier molecular flexibility index (Phi) is 6.08. The smallest absolute Gasteiger partial charge is 0.0727 e. The second kappa shape index (κ2) is 7.83. The van der Waals surface area contributed by atoms with Crippen LogP contribution in [0, 0.1) is 0 Å². The molecule has 2 aromatic heterocycles. The van der Waals surface area contributed by atoms with Crippen molar-refractivity contribution in [3.8, 4) is 9.75 Å². The van der Waals surface area contributed by atoms with Crippen molar-refractivity contribution in [2.45, 2.75) is 45.6 Å². The van der Waals surface area contributed by atoms with Crippen LogP contribution in [0.25, 0.3) is 9.75 Å². The lowest BCUT2D eigenvalue weighted by atomic mass is 10.1. The van der Waals surface area contributed by atoms with Crippen LogP contribution in [0.2, 0.25) is 0 Å². The Labute approximate surface area is 124 Å². The number of rotatable bonds is 8. The summed E-state index contributed by atoms with van der Waals surface area (Å²) in [5, 5.41) is 4.47. The zero-order chi connectivity index (χ0) is 13.5. The third-order valence-corrected chi connectivity index (χ3v) is 5.36. The largest absolute Gasteiger partial charge is 0.380 e. The molecule has 19 heavy (non-hydrogen) atoms. The van der Waals surface area contributed by atoms with Gasteiger partial charge in [0.1, 0.15) is 0 Å². The van der Waals surface area contributed by atoms with E-state index in [9.17, 15) is 0 Å². The lowest BCUT2D eigenvalue weighted by molar-refractivity contribution is 0.185. The molecule has 0 aliphatic rings. The predicted octanol–water partition coefficient (Wildman–Crippen LogP) is 5.75.